The van der Waals surface area contributed by atoms with Crippen molar-refractivity contribution in [2.45, 2.75) is 39.5 Å². The average Bonchev–Trinajstić information content (AvgIpc) is 2.17. The molecule has 0 aromatic carbocycles. The Morgan fingerprint density at radius 1 is 1.14 bits per heavy atom. The van der Waals surface area contributed by atoms with Crippen molar-refractivity contribution in [2.24, 2.45) is 0 Å². The van der Waals surface area contributed by atoms with Crippen LogP contribution in [0.1, 0.15) is 39.5 Å². The third kappa shape index (κ3) is 5.33. The highest BCUT2D eigenvalue weighted by Gasteiger charge is 2.27. The molecule has 0 bridgehead atoms. The summed E-state index contributed by atoms with van der Waals surface area (Å²) in [6.07, 6.45) is 4.13. The van der Waals surface area contributed by atoms with Gasteiger partial charge in [0.1, 0.15) is 6.66 Å². The minimum Gasteiger partial charge on any atom is -0.300 e. The second-order valence-electron chi connectivity index (χ2n) is 3.47. The van der Waals surface area contributed by atoms with E-state index in [9.17, 15) is 9.36 Å². The highest BCUT2D eigenvalue weighted by atomic mass is 31.1. The van der Waals surface area contributed by atoms with E-state index in [-0.39, 0.29) is 5.65 Å². The highest BCUT2D eigenvalue weighted by molar-refractivity contribution is 7.62. The molecule has 0 saturated carbocycles. The van der Waals surface area contributed by atoms with Gasteiger partial charge in [0.25, 0.3) is 0 Å². The van der Waals surface area contributed by atoms with Crippen molar-refractivity contribution in [3.63, 3.8) is 0 Å². The fourth-order valence-electron chi connectivity index (χ4n) is 1.20. The Morgan fingerprint density at radius 3 is 1.86 bits per heavy atom. The smallest absolute Gasteiger partial charge is 0.300 e. The number of nitrogens with zero attached hydrogens (tertiary/aromatic N) is 1. The van der Waals surface area contributed by atoms with Gasteiger partial charge in [-0.05, 0) is 12.8 Å². The number of rotatable bonds is 7. The van der Waals surface area contributed by atoms with E-state index >= 15 is 0 Å². The lowest BCUT2D eigenvalue weighted by Gasteiger charge is -2.16. The number of hydrogen-bond acceptors (Lipinski definition) is 2. The van der Waals surface area contributed by atoms with Gasteiger partial charge in [-0.2, -0.15) is 0 Å². The first-order valence-corrected chi connectivity index (χ1v) is 7.03. The normalized spacial score (nSPS) is 11.2. The van der Waals surface area contributed by atoms with Gasteiger partial charge < -0.3 is 4.90 Å². The second-order valence-corrected chi connectivity index (χ2v) is 4.85. The lowest BCUT2D eigenvalue weighted by Crippen LogP contribution is -2.29. The summed E-state index contributed by atoms with van der Waals surface area (Å²) >= 11 is 0. The summed E-state index contributed by atoms with van der Waals surface area (Å²) in [5, 5.41) is 0. The van der Waals surface area contributed by atoms with Gasteiger partial charge in [0.15, 0.2) is 0 Å². The van der Waals surface area contributed by atoms with Gasteiger partial charge in [0.2, 0.25) is 0 Å². The summed E-state index contributed by atoms with van der Waals surface area (Å²) in [5.41, 5.74) is -0.179. The predicted octanol–water partition coefficient (Wildman–Crippen LogP) is 3.47. The van der Waals surface area contributed by atoms with Crippen molar-refractivity contribution in [1.29, 1.82) is 0 Å². The molecule has 0 saturated heterocycles. The van der Waals surface area contributed by atoms with Gasteiger partial charge in [-0.25, -0.2) is 4.79 Å². The van der Waals surface area contributed by atoms with E-state index in [1.54, 1.807) is 4.90 Å². The zero-order valence-corrected chi connectivity index (χ0v) is 10.3. The summed E-state index contributed by atoms with van der Waals surface area (Å²) in [5.74, 6) is 0. The van der Waals surface area contributed by atoms with Crippen LogP contribution in [0.2, 0.25) is 0 Å². The Labute approximate surface area is 87.6 Å². The summed E-state index contributed by atoms with van der Waals surface area (Å²) in [6.45, 7) is 7.18. The summed E-state index contributed by atoms with van der Waals surface area (Å²) < 4.78 is 11.1. The SMILES string of the molecule is CCCCN(CCCC)C(=O)[P+](C)=O. The maximum atomic E-state index is 11.5. The van der Waals surface area contributed by atoms with Crippen molar-refractivity contribution >= 4 is 13.4 Å². The van der Waals surface area contributed by atoms with Crippen molar-refractivity contribution < 1.29 is 9.36 Å². The van der Waals surface area contributed by atoms with E-state index in [0.29, 0.717) is 0 Å². The maximum absolute atomic E-state index is 11.5. The molecule has 0 aliphatic carbocycles. The first-order chi connectivity index (χ1) is 6.63. The monoisotopic (exact) mass is 218 g/mol. The molecular weight excluding hydrogens is 197 g/mol. The predicted molar refractivity (Wildman–Crippen MR) is 60.3 cm³/mol. The minimum atomic E-state index is -1.70. The zero-order valence-electron chi connectivity index (χ0n) is 9.45. The van der Waals surface area contributed by atoms with Gasteiger partial charge in [0.05, 0.1) is 0 Å². The zero-order chi connectivity index (χ0) is 11.0. The molecule has 0 spiro atoms. The largest absolute Gasteiger partial charge is 0.462 e. The van der Waals surface area contributed by atoms with E-state index < -0.39 is 7.80 Å². The molecule has 0 aliphatic heterocycles. The fraction of sp³-hybridized carbons (Fsp3) is 0.900. The highest BCUT2D eigenvalue weighted by Crippen LogP contribution is 2.20. The fourth-order valence-corrected chi connectivity index (χ4v) is 1.80. The Kier molecular flexibility index (Phi) is 7.68. The molecule has 0 radical (unpaired) electrons. The molecule has 0 aromatic heterocycles. The van der Waals surface area contributed by atoms with Crippen molar-refractivity contribution in [3.8, 4) is 0 Å². The molecule has 82 valence electrons. The topological polar surface area (TPSA) is 37.4 Å². The van der Waals surface area contributed by atoms with Crippen LogP contribution in [0.5, 0.6) is 0 Å². The minimum absolute atomic E-state index is 0.179. The number of amides is 1. The van der Waals surface area contributed by atoms with E-state index in [1.165, 1.54) is 6.66 Å². The summed E-state index contributed by atoms with van der Waals surface area (Å²) in [6, 6.07) is 0. The first-order valence-electron chi connectivity index (χ1n) is 5.33. The molecule has 0 rings (SSSR count). The molecule has 0 aromatic rings. The summed E-state index contributed by atoms with van der Waals surface area (Å²) in [7, 11) is -1.70. The van der Waals surface area contributed by atoms with Gasteiger partial charge in [-0.15, -0.1) is 0 Å². The number of carbonyl (C=O) groups is 1. The molecule has 4 heteroatoms. The molecule has 1 unspecified atom stereocenters. The van der Waals surface area contributed by atoms with E-state index in [2.05, 4.69) is 13.8 Å². The molecule has 1 amide bonds. The molecule has 0 N–H and O–H groups in total. The standard InChI is InChI=1S/C10H21NO2P/c1-4-6-8-11(9-7-5-2)10(12)14(3)13/h4-9H2,1-3H3/q+1. The van der Waals surface area contributed by atoms with Gasteiger partial charge in [-0.1, -0.05) is 31.3 Å². The van der Waals surface area contributed by atoms with Crippen molar-refractivity contribution in [1.82, 2.24) is 4.90 Å². The van der Waals surface area contributed by atoms with Crippen LogP contribution in [0, 0.1) is 0 Å². The number of unbranched alkanes of at least 4 members (excludes halogenated alkanes) is 2. The van der Waals surface area contributed by atoms with Gasteiger partial charge in [0, 0.05) is 13.1 Å². The number of hydrogen-bond donors (Lipinski definition) is 0. The lowest BCUT2D eigenvalue weighted by molar-refractivity contribution is 0.219. The lowest BCUT2D eigenvalue weighted by atomic mass is 10.3. The second kappa shape index (κ2) is 7.93. The Bertz CT molecular complexity index is 187. The molecule has 0 aliphatic rings. The van der Waals surface area contributed by atoms with Crippen LogP contribution in [0.15, 0.2) is 0 Å². The van der Waals surface area contributed by atoms with Gasteiger partial charge >= 0.3 is 13.4 Å². The molecule has 0 fully saturated rings. The Balaban J connectivity index is 4.08. The quantitative estimate of drug-likeness (QED) is 0.613. The van der Waals surface area contributed by atoms with Crippen LogP contribution in [0.4, 0.5) is 4.79 Å². The van der Waals surface area contributed by atoms with Crippen LogP contribution in [-0.4, -0.2) is 30.3 Å². The van der Waals surface area contributed by atoms with Crippen molar-refractivity contribution in [3.05, 3.63) is 0 Å². The molecule has 3 nitrogen and oxygen atoms in total. The van der Waals surface area contributed by atoms with Crippen LogP contribution in [0.25, 0.3) is 0 Å². The van der Waals surface area contributed by atoms with Crippen LogP contribution >= 0.6 is 7.80 Å². The van der Waals surface area contributed by atoms with E-state index in [0.717, 1.165) is 38.8 Å². The Morgan fingerprint density at radius 2 is 1.57 bits per heavy atom. The Hall–Kier alpha value is -0.430. The van der Waals surface area contributed by atoms with E-state index in [1.807, 2.05) is 0 Å². The molecule has 0 heterocycles. The van der Waals surface area contributed by atoms with Crippen LogP contribution < -0.4 is 0 Å². The summed E-state index contributed by atoms with van der Waals surface area (Å²) in [4.78, 5) is 13.2. The first kappa shape index (κ1) is 13.6. The molecule has 14 heavy (non-hydrogen) atoms. The molecular formula is C10H21NO2P+. The van der Waals surface area contributed by atoms with Crippen molar-refractivity contribution in [2.75, 3.05) is 19.8 Å². The van der Waals surface area contributed by atoms with Crippen LogP contribution in [-0.2, 0) is 4.57 Å². The van der Waals surface area contributed by atoms with Gasteiger partial charge in [-0.3, -0.25) is 0 Å². The number of carbonyl (C=O) groups excluding carboxylic acids is 1. The van der Waals surface area contributed by atoms with Crippen LogP contribution in [0.3, 0.4) is 0 Å². The third-order valence-corrected chi connectivity index (χ3v) is 2.92. The third-order valence-electron chi connectivity index (χ3n) is 2.10. The average molecular weight is 218 g/mol. The van der Waals surface area contributed by atoms with E-state index in [4.69, 9.17) is 0 Å². The maximum Gasteiger partial charge on any atom is 0.462 e. The molecule has 1 atom stereocenters.